The highest BCUT2D eigenvalue weighted by Crippen LogP contribution is 2.32. The third-order valence-electron chi connectivity index (χ3n) is 4.95. The Bertz CT molecular complexity index is 1330. The summed E-state index contributed by atoms with van der Waals surface area (Å²) in [7, 11) is 1.61. The van der Waals surface area contributed by atoms with Gasteiger partial charge >= 0.3 is 0 Å². The van der Waals surface area contributed by atoms with Gasteiger partial charge in [0.2, 0.25) is 5.91 Å². The first-order valence-corrected chi connectivity index (χ1v) is 12.1. The molecule has 2 aromatic heterocycles. The molecular weight excluding hydrogens is 454 g/mol. The number of methoxy groups -OCH3 is 1. The summed E-state index contributed by atoms with van der Waals surface area (Å²) in [6.07, 6.45) is 1.66. The fourth-order valence-electron chi connectivity index (χ4n) is 3.26. The quantitative estimate of drug-likeness (QED) is 0.214. The molecule has 0 saturated heterocycles. The number of allylic oxidation sites excluding steroid dienone is 1. The van der Waals surface area contributed by atoms with Crippen molar-refractivity contribution in [3.63, 3.8) is 0 Å². The number of thiophene rings is 1. The molecule has 8 heteroatoms. The first kappa shape index (κ1) is 22.8. The molecule has 0 radical (unpaired) electrons. The number of benzene rings is 2. The van der Waals surface area contributed by atoms with Crippen LogP contribution in [0.2, 0.25) is 0 Å². The fourth-order valence-corrected chi connectivity index (χ4v) is 5.15. The van der Waals surface area contributed by atoms with E-state index in [0.717, 1.165) is 21.8 Å². The molecule has 0 fully saturated rings. The number of nitrogens with zero attached hydrogens (tertiary/aromatic N) is 2. The molecule has 0 aliphatic rings. The normalized spacial score (nSPS) is 10.8. The Hall–Kier alpha value is -3.36. The first-order valence-electron chi connectivity index (χ1n) is 10.3. The second kappa shape index (κ2) is 10.5. The van der Waals surface area contributed by atoms with Crippen molar-refractivity contribution in [2.75, 3.05) is 12.9 Å². The van der Waals surface area contributed by atoms with E-state index in [1.54, 1.807) is 17.8 Å². The predicted octanol–water partition coefficient (Wildman–Crippen LogP) is 4.73. The highest BCUT2D eigenvalue weighted by atomic mass is 32.2. The summed E-state index contributed by atoms with van der Waals surface area (Å²) in [6.45, 7) is 4.51. The summed E-state index contributed by atoms with van der Waals surface area (Å²) in [5.41, 5.74) is 2.55. The van der Waals surface area contributed by atoms with Gasteiger partial charge in [0.25, 0.3) is 5.56 Å². The molecular formula is C25H23N3O3S2. The van der Waals surface area contributed by atoms with E-state index in [9.17, 15) is 9.59 Å². The van der Waals surface area contributed by atoms with Crippen molar-refractivity contribution in [1.82, 2.24) is 14.9 Å². The zero-order chi connectivity index (χ0) is 23.2. The van der Waals surface area contributed by atoms with Crippen LogP contribution in [0.25, 0.3) is 20.7 Å². The summed E-state index contributed by atoms with van der Waals surface area (Å²) in [5.74, 6) is 0.790. The maximum absolute atomic E-state index is 13.2. The fraction of sp³-hybridized carbons (Fsp3) is 0.160. The average Bonchev–Trinajstić information content (AvgIpc) is 3.29. The van der Waals surface area contributed by atoms with E-state index in [2.05, 4.69) is 11.9 Å². The van der Waals surface area contributed by atoms with Crippen molar-refractivity contribution in [3.8, 4) is 16.2 Å². The van der Waals surface area contributed by atoms with Crippen molar-refractivity contribution >= 4 is 39.2 Å². The van der Waals surface area contributed by atoms with Gasteiger partial charge in [0.15, 0.2) is 5.16 Å². The third-order valence-corrected chi connectivity index (χ3v) is 7.09. The Kier molecular flexibility index (Phi) is 7.26. The van der Waals surface area contributed by atoms with E-state index in [4.69, 9.17) is 9.72 Å². The Balaban J connectivity index is 1.50. The number of hydrogen-bond acceptors (Lipinski definition) is 6. The molecule has 6 nitrogen and oxygen atoms in total. The van der Waals surface area contributed by atoms with Crippen molar-refractivity contribution < 1.29 is 9.53 Å². The van der Waals surface area contributed by atoms with Crippen LogP contribution in [0, 0.1) is 0 Å². The van der Waals surface area contributed by atoms with E-state index in [0.29, 0.717) is 28.5 Å². The Morgan fingerprint density at radius 1 is 1.21 bits per heavy atom. The minimum absolute atomic E-state index is 0.117. The topological polar surface area (TPSA) is 73.2 Å². The number of hydrogen-bond donors (Lipinski definition) is 1. The third kappa shape index (κ3) is 5.35. The maximum atomic E-state index is 13.2. The van der Waals surface area contributed by atoms with E-state index in [1.165, 1.54) is 23.1 Å². The molecule has 2 heterocycles. The zero-order valence-corrected chi connectivity index (χ0v) is 19.7. The lowest BCUT2D eigenvalue weighted by Crippen LogP contribution is -2.26. The lowest BCUT2D eigenvalue weighted by molar-refractivity contribution is -0.118. The van der Waals surface area contributed by atoms with Gasteiger partial charge in [0, 0.05) is 18.0 Å². The van der Waals surface area contributed by atoms with Gasteiger partial charge in [-0.2, -0.15) is 0 Å². The molecule has 1 amide bonds. The van der Waals surface area contributed by atoms with Gasteiger partial charge in [-0.25, -0.2) is 4.98 Å². The van der Waals surface area contributed by atoms with Crippen LogP contribution in [0.1, 0.15) is 5.56 Å². The van der Waals surface area contributed by atoms with Crippen molar-refractivity contribution in [1.29, 1.82) is 0 Å². The lowest BCUT2D eigenvalue weighted by atomic mass is 10.2. The predicted molar refractivity (Wildman–Crippen MR) is 135 cm³/mol. The summed E-state index contributed by atoms with van der Waals surface area (Å²) in [4.78, 5) is 31.3. The largest absolute Gasteiger partial charge is 0.497 e. The molecule has 0 unspecified atom stereocenters. The van der Waals surface area contributed by atoms with Crippen LogP contribution >= 0.6 is 23.1 Å². The SMILES string of the molecule is C=CCn1c(SCC(=O)NCc2ccc(OC)cc2)nc2cc(-c3ccccc3)sc2c1=O. The molecule has 0 aliphatic heterocycles. The monoisotopic (exact) mass is 477 g/mol. The van der Waals surface area contributed by atoms with Crippen molar-refractivity contribution in [3.05, 3.63) is 89.2 Å². The number of fused-ring (bicyclic) bond motifs is 1. The Morgan fingerprint density at radius 2 is 1.97 bits per heavy atom. The second-order valence-electron chi connectivity index (χ2n) is 7.20. The van der Waals surface area contributed by atoms with Crippen molar-refractivity contribution in [2.24, 2.45) is 0 Å². The van der Waals surface area contributed by atoms with Crippen LogP contribution in [-0.4, -0.2) is 28.3 Å². The maximum Gasteiger partial charge on any atom is 0.272 e. The van der Waals surface area contributed by atoms with Crippen LogP contribution in [0.3, 0.4) is 0 Å². The van der Waals surface area contributed by atoms with E-state index < -0.39 is 0 Å². The zero-order valence-electron chi connectivity index (χ0n) is 18.1. The van der Waals surface area contributed by atoms with Crippen LogP contribution in [-0.2, 0) is 17.9 Å². The number of thioether (sulfide) groups is 1. The highest BCUT2D eigenvalue weighted by Gasteiger charge is 2.16. The van der Waals surface area contributed by atoms with Gasteiger partial charge in [-0.3, -0.25) is 14.2 Å². The summed E-state index contributed by atoms with van der Waals surface area (Å²) in [6, 6.07) is 19.4. The number of carbonyl (C=O) groups is 1. The average molecular weight is 478 g/mol. The van der Waals surface area contributed by atoms with E-state index in [1.807, 2.05) is 60.7 Å². The molecule has 33 heavy (non-hydrogen) atoms. The van der Waals surface area contributed by atoms with E-state index in [-0.39, 0.29) is 17.2 Å². The van der Waals surface area contributed by atoms with Crippen LogP contribution in [0.4, 0.5) is 0 Å². The number of carbonyl (C=O) groups excluding carboxylic acids is 1. The Morgan fingerprint density at radius 3 is 2.67 bits per heavy atom. The van der Waals surface area contributed by atoms with Crippen molar-refractivity contribution in [2.45, 2.75) is 18.2 Å². The molecule has 168 valence electrons. The molecule has 0 aliphatic carbocycles. The van der Waals surface area contributed by atoms with E-state index >= 15 is 0 Å². The lowest BCUT2D eigenvalue weighted by Gasteiger charge is -2.10. The molecule has 0 atom stereocenters. The minimum Gasteiger partial charge on any atom is -0.497 e. The van der Waals surface area contributed by atoms with Gasteiger partial charge in [-0.1, -0.05) is 60.3 Å². The molecule has 0 spiro atoms. The smallest absolute Gasteiger partial charge is 0.272 e. The number of ether oxygens (including phenoxy) is 1. The number of rotatable bonds is 9. The van der Waals surface area contributed by atoms with Crippen LogP contribution in [0.5, 0.6) is 5.75 Å². The van der Waals surface area contributed by atoms with Gasteiger partial charge in [0.05, 0.1) is 18.4 Å². The molecule has 4 aromatic rings. The standard InChI is InChI=1S/C25H23N3O3S2/c1-3-13-28-24(30)23-20(14-21(33-23)18-7-5-4-6-8-18)27-25(28)32-16-22(29)26-15-17-9-11-19(31-2)12-10-17/h3-12,14H,1,13,15-16H2,2H3,(H,26,29). The Labute approximate surface area is 199 Å². The summed E-state index contributed by atoms with van der Waals surface area (Å²) >= 11 is 2.68. The van der Waals surface area contributed by atoms with Gasteiger partial charge < -0.3 is 10.1 Å². The molecule has 4 rings (SSSR count). The highest BCUT2D eigenvalue weighted by molar-refractivity contribution is 7.99. The van der Waals surface area contributed by atoms with Gasteiger partial charge in [-0.05, 0) is 29.3 Å². The minimum atomic E-state index is -0.134. The van der Waals surface area contributed by atoms with Crippen LogP contribution in [0.15, 0.2) is 83.3 Å². The van der Waals surface area contributed by atoms with Crippen LogP contribution < -0.4 is 15.6 Å². The molecule has 0 bridgehead atoms. The second-order valence-corrected chi connectivity index (χ2v) is 9.20. The molecule has 2 aromatic carbocycles. The first-order chi connectivity index (χ1) is 16.1. The number of aromatic nitrogens is 2. The number of amides is 1. The van der Waals surface area contributed by atoms with Gasteiger partial charge in [-0.15, -0.1) is 17.9 Å². The summed E-state index contributed by atoms with van der Waals surface area (Å²) in [5, 5.41) is 3.41. The summed E-state index contributed by atoms with van der Waals surface area (Å²) < 4.78 is 7.32. The molecule has 1 N–H and O–H groups in total. The molecule has 0 saturated carbocycles. The van der Waals surface area contributed by atoms with Gasteiger partial charge in [0.1, 0.15) is 10.4 Å². The number of nitrogens with one attached hydrogen (secondary N) is 1.